The van der Waals surface area contributed by atoms with Crippen LogP contribution in [-0.2, 0) is 12.3 Å². The maximum absolute atomic E-state index is 3.77. The molecule has 136 valence electrons. The van der Waals surface area contributed by atoms with E-state index in [0.29, 0.717) is 0 Å². The zero-order valence-electron chi connectivity index (χ0n) is 16.3. The van der Waals surface area contributed by atoms with Crippen LogP contribution >= 0.6 is 15.8 Å². The highest BCUT2D eigenvalue weighted by Gasteiger charge is 2.11. The molecule has 0 radical (unpaired) electrons. The van der Waals surface area contributed by atoms with Gasteiger partial charge in [-0.25, -0.2) is 0 Å². The Balaban J connectivity index is 2.23. The van der Waals surface area contributed by atoms with Crippen molar-refractivity contribution >= 4 is 27.2 Å². The lowest BCUT2D eigenvalue weighted by atomic mass is 10.1. The second-order valence-corrected chi connectivity index (χ2v) is 12.2. The molecule has 1 nitrogen and oxygen atoms in total. The zero-order valence-corrected chi connectivity index (χ0v) is 18.0. The van der Waals surface area contributed by atoms with Gasteiger partial charge in [-0.05, 0) is 60.2 Å². The molecule has 0 aromatic heterocycles. The molecule has 0 aliphatic rings. The lowest BCUT2D eigenvalue weighted by Gasteiger charge is -2.20. The largest absolute Gasteiger partial charge is 0.355 e. The molecule has 0 heterocycles. The molecule has 2 aromatic rings. The molecule has 0 saturated carbocycles. The molecule has 0 atom stereocenters. The highest BCUT2D eigenvalue weighted by Crippen LogP contribution is 2.42. The molecule has 0 bridgehead atoms. The van der Waals surface area contributed by atoms with Crippen LogP contribution in [0.1, 0.15) is 38.8 Å². The first-order valence-electron chi connectivity index (χ1n) is 9.59. The van der Waals surface area contributed by atoms with E-state index in [0.717, 1.165) is 0 Å². The van der Waals surface area contributed by atoms with Crippen LogP contribution in [0, 0.1) is 0 Å². The van der Waals surface area contributed by atoms with Gasteiger partial charge in [-0.3, -0.25) is 0 Å². The van der Waals surface area contributed by atoms with E-state index >= 15 is 0 Å². The van der Waals surface area contributed by atoms with Crippen molar-refractivity contribution in [2.75, 3.05) is 30.0 Å². The summed E-state index contributed by atoms with van der Waals surface area (Å²) in [4.78, 5) is 0. The summed E-state index contributed by atoms with van der Waals surface area (Å²) in [6, 6.07) is 17.8. The Labute approximate surface area is 157 Å². The van der Waals surface area contributed by atoms with Crippen LogP contribution in [0.4, 0.5) is 11.4 Å². The average Bonchev–Trinajstić information content (AvgIpc) is 2.66. The van der Waals surface area contributed by atoms with Crippen LogP contribution in [0.2, 0.25) is 0 Å². The van der Waals surface area contributed by atoms with Crippen molar-refractivity contribution < 1.29 is 0 Å². The monoisotopic (exact) mass is 373 g/mol. The van der Waals surface area contributed by atoms with E-state index in [9.17, 15) is 0 Å². The van der Waals surface area contributed by atoms with Crippen LogP contribution in [0.3, 0.4) is 0 Å². The number of nitrogens with one attached hydrogen (secondary N) is 1. The van der Waals surface area contributed by atoms with Crippen molar-refractivity contribution in [3.8, 4) is 0 Å². The number of anilines is 2. The molecule has 2 rings (SSSR count). The number of para-hydroxylation sites is 2. The van der Waals surface area contributed by atoms with Crippen LogP contribution in [0.25, 0.3) is 0 Å². The third-order valence-corrected chi connectivity index (χ3v) is 10.0. The highest BCUT2D eigenvalue weighted by atomic mass is 31.1. The van der Waals surface area contributed by atoms with Crippen molar-refractivity contribution in [2.24, 2.45) is 0 Å². The minimum atomic E-state index is 0.113. The van der Waals surface area contributed by atoms with Crippen molar-refractivity contribution in [2.45, 2.75) is 40.0 Å². The van der Waals surface area contributed by atoms with E-state index in [4.69, 9.17) is 0 Å². The van der Waals surface area contributed by atoms with E-state index in [1.165, 1.54) is 59.5 Å². The second-order valence-electron chi connectivity index (χ2n) is 6.36. The Hall–Kier alpha value is -0.900. The van der Waals surface area contributed by atoms with Gasteiger partial charge in [0, 0.05) is 11.4 Å². The normalized spacial score (nSPS) is 11.3. The summed E-state index contributed by atoms with van der Waals surface area (Å²) in [5.74, 6) is 0. The Morgan fingerprint density at radius 2 is 0.960 bits per heavy atom. The number of benzene rings is 2. The minimum Gasteiger partial charge on any atom is -0.355 e. The van der Waals surface area contributed by atoms with E-state index in [1.807, 2.05) is 0 Å². The van der Waals surface area contributed by atoms with Gasteiger partial charge < -0.3 is 5.32 Å². The molecular formula is C22H33NP2. The van der Waals surface area contributed by atoms with Gasteiger partial charge in [0.2, 0.25) is 0 Å². The highest BCUT2D eigenvalue weighted by molar-refractivity contribution is 7.57. The minimum absolute atomic E-state index is 0.113. The van der Waals surface area contributed by atoms with Gasteiger partial charge >= 0.3 is 0 Å². The molecule has 0 fully saturated rings. The van der Waals surface area contributed by atoms with Gasteiger partial charge in [-0.15, -0.1) is 15.8 Å². The molecule has 0 amide bonds. The Kier molecular flexibility index (Phi) is 8.94. The summed E-state index contributed by atoms with van der Waals surface area (Å²) in [7, 11) is 0.226. The first-order chi connectivity index (χ1) is 12.2. The van der Waals surface area contributed by atoms with Crippen LogP contribution in [0.15, 0.2) is 48.5 Å². The Morgan fingerprint density at radius 1 is 0.600 bits per heavy atom. The third-order valence-electron chi connectivity index (χ3n) is 4.88. The van der Waals surface area contributed by atoms with E-state index < -0.39 is 0 Å². The van der Waals surface area contributed by atoms with E-state index in [2.05, 4.69) is 81.5 Å². The summed E-state index contributed by atoms with van der Waals surface area (Å²) in [5, 5.41) is 3.77. The van der Waals surface area contributed by atoms with Crippen LogP contribution < -0.4 is 5.32 Å². The van der Waals surface area contributed by atoms with Gasteiger partial charge in [0.15, 0.2) is 0 Å². The first-order valence-corrected chi connectivity index (χ1v) is 13.4. The first kappa shape index (κ1) is 20.4. The topological polar surface area (TPSA) is 12.0 Å². The predicted molar refractivity (Wildman–Crippen MR) is 120 cm³/mol. The van der Waals surface area contributed by atoms with Gasteiger partial charge in [0.25, 0.3) is 0 Å². The molecule has 0 saturated heterocycles. The molecule has 3 heteroatoms. The molecule has 1 N–H and O–H groups in total. The lowest BCUT2D eigenvalue weighted by Crippen LogP contribution is -2.00. The van der Waals surface area contributed by atoms with E-state index in [-0.39, 0.29) is 15.8 Å². The van der Waals surface area contributed by atoms with Gasteiger partial charge in [0.05, 0.1) is 0 Å². The molecule has 0 aliphatic carbocycles. The van der Waals surface area contributed by atoms with Crippen LogP contribution in [-0.4, -0.2) is 24.6 Å². The molecular weight excluding hydrogens is 340 g/mol. The Bertz CT molecular complexity index is 578. The summed E-state index contributed by atoms with van der Waals surface area (Å²) in [6.45, 7) is 9.33. The van der Waals surface area contributed by atoms with Crippen molar-refractivity contribution in [3.05, 3.63) is 59.7 Å². The fourth-order valence-electron chi connectivity index (χ4n) is 3.08. The molecule has 0 spiro atoms. The fourth-order valence-corrected chi connectivity index (χ4v) is 6.39. The maximum atomic E-state index is 3.77. The van der Waals surface area contributed by atoms with E-state index in [1.54, 1.807) is 0 Å². The van der Waals surface area contributed by atoms with Crippen LogP contribution in [0.5, 0.6) is 0 Å². The molecule has 25 heavy (non-hydrogen) atoms. The number of hydrogen-bond acceptors (Lipinski definition) is 1. The lowest BCUT2D eigenvalue weighted by molar-refractivity contribution is 1.28. The molecule has 0 unspecified atom stereocenters. The van der Waals surface area contributed by atoms with Crippen molar-refractivity contribution in [3.63, 3.8) is 0 Å². The van der Waals surface area contributed by atoms with Gasteiger partial charge in [-0.1, -0.05) is 64.1 Å². The third kappa shape index (κ3) is 6.09. The summed E-state index contributed by atoms with van der Waals surface area (Å²) in [6.07, 6.45) is 7.71. The van der Waals surface area contributed by atoms with Crippen molar-refractivity contribution in [1.29, 1.82) is 0 Å². The van der Waals surface area contributed by atoms with Gasteiger partial charge in [0.1, 0.15) is 0 Å². The SMILES string of the molecule is CCP(CC)Cc1ccccc1Nc1ccccc1CP(CC)CC. The summed E-state index contributed by atoms with van der Waals surface area (Å²) >= 11 is 0. The standard InChI is InChI=1S/C22H33NP2/c1-5-24(6-2)17-19-13-9-11-15-21(19)23-22-16-12-10-14-20(22)18-25(7-3)8-4/h9-16,23H,5-8,17-18H2,1-4H3. The average molecular weight is 373 g/mol. The molecule has 2 aromatic carbocycles. The number of hydrogen-bond donors (Lipinski definition) is 1. The summed E-state index contributed by atoms with van der Waals surface area (Å²) in [5.41, 5.74) is 5.53. The number of rotatable bonds is 10. The summed E-state index contributed by atoms with van der Waals surface area (Å²) < 4.78 is 0. The molecule has 0 aliphatic heterocycles. The second kappa shape index (κ2) is 10.9. The quantitative estimate of drug-likeness (QED) is 0.426. The predicted octanol–water partition coefficient (Wildman–Crippen LogP) is 7.47. The fraction of sp³-hybridized carbons (Fsp3) is 0.455. The van der Waals surface area contributed by atoms with Crippen molar-refractivity contribution in [1.82, 2.24) is 0 Å². The Morgan fingerprint density at radius 3 is 1.32 bits per heavy atom. The smallest absolute Gasteiger partial charge is 0.0420 e. The van der Waals surface area contributed by atoms with Gasteiger partial charge in [-0.2, -0.15) is 0 Å². The zero-order chi connectivity index (χ0) is 18.1. The maximum Gasteiger partial charge on any atom is 0.0420 e.